The minimum absolute atomic E-state index is 0.0582. The maximum Gasteiger partial charge on any atom is 0.183 e. The zero-order valence-corrected chi connectivity index (χ0v) is 19.2. The summed E-state index contributed by atoms with van der Waals surface area (Å²) in [4.78, 5) is 17.5. The minimum Gasteiger partial charge on any atom is -0.378 e. The third kappa shape index (κ3) is 4.43. The molecule has 35 heavy (non-hydrogen) atoms. The molecule has 1 saturated heterocycles. The molecule has 0 amide bonds. The summed E-state index contributed by atoms with van der Waals surface area (Å²) in [7, 11) is 0. The van der Waals surface area contributed by atoms with E-state index in [1.807, 2.05) is 36.8 Å². The van der Waals surface area contributed by atoms with E-state index in [1.54, 1.807) is 23.4 Å². The van der Waals surface area contributed by atoms with E-state index in [-0.39, 0.29) is 6.04 Å². The Hall–Kier alpha value is -4.30. The molecule has 6 rings (SSSR count). The quantitative estimate of drug-likeness (QED) is 0.440. The number of hydrogen-bond donors (Lipinski definition) is 0. The highest BCUT2D eigenvalue weighted by Crippen LogP contribution is 2.32. The Labute approximate surface area is 203 Å². The van der Waals surface area contributed by atoms with E-state index in [0.717, 1.165) is 43.2 Å². The highest BCUT2D eigenvalue weighted by Gasteiger charge is 2.21. The molecule has 8 heteroatoms. The first-order valence-electron chi connectivity index (χ1n) is 11.7. The minimum atomic E-state index is 0.0582. The van der Waals surface area contributed by atoms with Gasteiger partial charge in [-0.3, -0.25) is 4.98 Å². The summed E-state index contributed by atoms with van der Waals surface area (Å²) in [5.41, 5.74) is 5.33. The van der Waals surface area contributed by atoms with Crippen molar-refractivity contribution in [3.63, 3.8) is 0 Å². The van der Waals surface area contributed by atoms with Crippen molar-refractivity contribution in [2.75, 3.05) is 36.1 Å². The number of aromatic nitrogens is 4. The molecular weight excluding hydrogens is 438 g/mol. The molecule has 8 nitrogen and oxygen atoms in total. The Balaban J connectivity index is 1.24. The van der Waals surface area contributed by atoms with Gasteiger partial charge in [-0.15, -0.1) is 5.10 Å². The topological polar surface area (TPSA) is 71.7 Å². The molecule has 0 aliphatic carbocycles. The SMILES string of the molecule is C1=CC(c2cccc(N3CCOCC3)c2)N(c2ccc(-n3cnc(-c4cccnc4)n3)cc2)C=N1. The van der Waals surface area contributed by atoms with Crippen molar-refractivity contribution in [2.45, 2.75) is 6.04 Å². The van der Waals surface area contributed by atoms with E-state index in [2.05, 4.69) is 72.3 Å². The molecule has 1 atom stereocenters. The number of rotatable bonds is 5. The molecule has 0 N–H and O–H groups in total. The number of benzene rings is 2. The van der Waals surface area contributed by atoms with Crippen LogP contribution >= 0.6 is 0 Å². The van der Waals surface area contributed by atoms with Crippen LogP contribution in [0.25, 0.3) is 17.1 Å². The molecule has 2 aliphatic rings. The molecule has 2 aliphatic heterocycles. The predicted octanol–water partition coefficient (Wildman–Crippen LogP) is 4.27. The summed E-state index contributed by atoms with van der Waals surface area (Å²) in [6, 6.07) is 20.9. The Morgan fingerprint density at radius 2 is 1.74 bits per heavy atom. The van der Waals surface area contributed by atoms with Gasteiger partial charge in [0.05, 0.1) is 31.3 Å². The average Bonchev–Trinajstić information content (AvgIpc) is 3.45. The van der Waals surface area contributed by atoms with Crippen LogP contribution in [0.5, 0.6) is 0 Å². The van der Waals surface area contributed by atoms with Crippen molar-refractivity contribution in [1.29, 1.82) is 0 Å². The average molecular weight is 464 g/mol. The van der Waals surface area contributed by atoms with E-state index >= 15 is 0 Å². The fourth-order valence-corrected chi connectivity index (χ4v) is 4.42. The predicted molar refractivity (Wildman–Crippen MR) is 137 cm³/mol. The third-order valence-corrected chi connectivity index (χ3v) is 6.26. The van der Waals surface area contributed by atoms with Gasteiger partial charge in [-0.1, -0.05) is 12.1 Å². The molecule has 4 aromatic rings. The maximum absolute atomic E-state index is 5.52. The summed E-state index contributed by atoms with van der Waals surface area (Å²) >= 11 is 0. The molecule has 1 unspecified atom stereocenters. The molecule has 0 bridgehead atoms. The monoisotopic (exact) mass is 463 g/mol. The molecule has 0 radical (unpaired) electrons. The second kappa shape index (κ2) is 9.52. The number of morpholine rings is 1. The van der Waals surface area contributed by atoms with Crippen molar-refractivity contribution in [3.8, 4) is 17.1 Å². The lowest BCUT2D eigenvalue weighted by molar-refractivity contribution is 0.122. The number of pyridine rings is 1. The van der Waals surface area contributed by atoms with Gasteiger partial charge in [0, 0.05) is 48.6 Å². The van der Waals surface area contributed by atoms with Crippen molar-refractivity contribution in [1.82, 2.24) is 19.7 Å². The van der Waals surface area contributed by atoms with Gasteiger partial charge in [0.15, 0.2) is 5.82 Å². The number of anilines is 2. The second-order valence-corrected chi connectivity index (χ2v) is 8.42. The highest BCUT2D eigenvalue weighted by molar-refractivity contribution is 5.82. The van der Waals surface area contributed by atoms with Gasteiger partial charge >= 0.3 is 0 Å². The van der Waals surface area contributed by atoms with Crippen molar-refractivity contribution >= 4 is 17.7 Å². The van der Waals surface area contributed by atoms with Gasteiger partial charge in [-0.2, -0.15) is 0 Å². The Morgan fingerprint density at radius 3 is 2.57 bits per heavy atom. The number of ether oxygens (including phenoxy) is 1. The Bertz CT molecular complexity index is 1340. The number of nitrogens with zero attached hydrogens (tertiary/aromatic N) is 7. The second-order valence-electron chi connectivity index (χ2n) is 8.42. The Morgan fingerprint density at radius 1 is 0.886 bits per heavy atom. The summed E-state index contributed by atoms with van der Waals surface area (Å²) in [5.74, 6) is 0.649. The van der Waals surface area contributed by atoms with Crippen LogP contribution in [0.4, 0.5) is 11.4 Å². The fourth-order valence-electron chi connectivity index (χ4n) is 4.42. The number of aliphatic imine (C=N–C) groups is 1. The Kier molecular flexibility index (Phi) is 5.78. The van der Waals surface area contributed by atoms with E-state index in [4.69, 9.17) is 4.74 Å². The molecule has 4 heterocycles. The first-order valence-corrected chi connectivity index (χ1v) is 11.7. The summed E-state index contributed by atoms with van der Waals surface area (Å²) < 4.78 is 7.29. The van der Waals surface area contributed by atoms with E-state index in [9.17, 15) is 0 Å². The zero-order valence-electron chi connectivity index (χ0n) is 19.2. The highest BCUT2D eigenvalue weighted by atomic mass is 16.5. The van der Waals surface area contributed by atoms with E-state index in [1.165, 1.54) is 11.3 Å². The van der Waals surface area contributed by atoms with E-state index < -0.39 is 0 Å². The smallest absolute Gasteiger partial charge is 0.183 e. The van der Waals surface area contributed by atoms with Crippen molar-refractivity contribution < 1.29 is 4.74 Å². The largest absolute Gasteiger partial charge is 0.378 e. The third-order valence-electron chi connectivity index (χ3n) is 6.26. The fraction of sp³-hybridized carbons (Fsp3) is 0.185. The normalized spacial score (nSPS) is 17.7. The van der Waals surface area contributed by atoms with Crippen LogP contribution in [-0.2, 0) is 4.74 Å². The van der Waals surface area contributed by atoms with Crippen LogP contribution in [0.2, 0.25) is 0 Å². The molecular formula is C27H25N7O. The standard InChI is InChI=1S/C27H25N7O/c1-3-21(17-25(5-1)32-13-15-35-16-14-32)26-10-12-29-19-33(26)23-6-8-24(9-7-23)34-20-30-27(31-34)22-4-2-11-28-18-22/h1-12,17-20,26H,13-16H2. The van der Waals surface area contributed by atoms with Gasteiger partial charge in [0.2, 0.25) is 0 Å². The molecule has 1 fully saturated rings. The van der Waals surface area contributed by atoms with Crippen LogP contribution in [-0.4, -0.2) is 52.4 Å². The molecule has 0 spiro atoms. The number of hydrogen-bond acceptors (Lipinski definition) is 7. The van der Waals surface area contributed by atoms with Crippen molar-refractivity contribution in [3.05, 3.63) is 97.2 Å². The van der Waals surface area contributed by atoms with Gasteiger partial charge in [-0.25, -0.2) is 14.7 Å². The van der Waals surface area contributed by atoms with Gasteiger partial charge < -0.3 is 14.5 Å². The lowest BCUT2D eigenvalue weighted by Gasteiger charge is -2.32. The van der Waals surface area contributed by atoms with Gasteiger partial charge in [0.1, 0.15) is 6.33 Å². The van der Waals surface area contributed by atoms with Crippen LogP contribution < -0.4 is 9.80 Å². The van der Waals surface area contributed by atoms with Gasteiger partial charge in [0.25, 0.3) is 0 Å². The maximum atomic E-state index is 5.52. The molecule has 174 valence electrons. The lowest BCUT2D eigenvalue weighted by Crippen LogP contribution is -2.36. The van der Waals surface area contributed by atoms with Crippen LogP contribution in [0.1, 0.15) is 11.6 Å². The summed E-state index contributed by atoms with van der Waals surface area (Å²) in [5, 5.41) is 4.61. The molecule has 2 aromatic heterocycles. The first-order chi connectivity index (χ1) is 17.3. The zero-order chi connectivity index (χ0) is 23.5. The summed E-state index contributed by atoms with van der Waals surface area (Å²) in [6.45, 7) is 3.38. The van der Waals surface area contributed by atoms with Crippen LogP contribution in [0, 0.1) is 0 Å². The van der Waals surface area contributed by atoms with Crippen molar-refractivity contribution in [2.24, 2.45) is 4.99 Å². The lowest BCUT2D eigenvalue weighted by atomic mass is 10.0. The van der Waals surface area contributed by atoms with Gasteiger partial charge in [-0.05, 0) is 60.2 Å². The van der Waals surface area contributed by atoms with Crippen LogP contribution in [0.3, 0.4) is 0 Å². The van der Waals surface area contributed by atoms with E-state index in [0.29, 0.717) is 5.82 Å². The molecule has 0 saturated carbocycles. The summed E-state index contributed by atoms with van der Waals surface area (Å²) in [6.07, 6.45) is 11.1. The molecule has 2 aromatic carbocycles. The van der Waals surface area contributed by atoms with Crippen LogP contribution in [0.15, 0.2) is 96.7 Å². The first kappa shape index (κ1) is 21.2.